The molecular formula is C60H74F2N6O10Si. The van der Waals surface area contributed by atoms with E-state index in [9.17, 15) is 33.1 Å². The summed E-state index contributed by atoms with van der Waals surface area (Å²) in [7, 11) is -2.32. The molecule has 4 saturated heterocycles. The van der Waals surface area contributed by atoms with Crippen molar-refractivity contribution in [3.8, 4) is 0 Å². The molecule has 0 bridgehead atoms. The number of nitrogens with zero attached hydrogens (tertiary/aromatic N) is 4. The number of benzene rings is 4. The van der Waals surface area contributed by atoms with E-state index in [1.54, 1.807) is 48.9 Å². The van der Waals surface area contributed by atoms with Gasteiger partial charge in [-0.25, -0.2) is 28.0 Å². The van der Waals surface area contributed by atoms with Gasteiger partial charge in [-0.05, 0) is 118 Å². The molecule has 4 amide bonds. The number of H-pyrrole nitrogens is 2. The van der Waals surface area contributed by atoms with Crippen LogP contribution in [0.3, 0.4) is 0 Å². The highest BCUT2D eigenvalue weighted by atomic mass is 28.4. The summed E-state index contributed by atoms with van der Waals surface area (Å²) in [5.74, 6) is -1.33. The Morgan fingerprint density at radius 2 is 0.962 bits per heavy atom. The van der Waals surface area contributed by atoms with E-state index >= 15 is 0 Å². The van der Waals surface area contributed by atoms with Crippen molar-refractivity contribution in [2.75, 3.05) is 26.2 Å². The molecule has 3 N–H and O–H groups in total. The van der Waals surface area contributed by atoms with Crippen molar-refractivity contribution in [2.45, 2.75) is 153 Å². The highest BCUT2D eigenvalue weighted by molar-refractivity contribution is 6.74. The predicted molar refractivity (Wildman–Crippen MR) is 298 cm³/mol. The lowest BCUT2D eigenvalue weighted by Crippen LogP contribution is -2.51. The Morgan fingerprint density at radius 3 is 1.39 bits per heavy atom. The molecular weight excluding hydrogens is 1030 g/mol. The molecule has 8 atom stereocenters. The molecule has 16 nitrogen and oxygen atoms in total. The third kappa shape index (κ3) is 12.1. The van der Waals surface area contributed by atoms with E-state index in [2.05, 4.69) is 43.8 Å². The van der Waals surface area contributed by atoms with E-state index in [4.69, 9.17) is 23.4 Å². The maximum absolute atomic E-state index is 14.1. The number of aromatic amines is 2. The summed E-state index contributed by atoms with van der Waals surface area (Å²) in [6.45, 7) is 22.8. The first-order valence-corrected chi connectivity index (χ1v) is 29.9. The molecule has 19 heteroatoms. The lowest BCUT2D eigenvalue weighted by Gasteiger charge is -2.40. The number of β-amino-alcohol motifs (C(OH)–C–C–N with tert-alkyl or cyclic N) is 1. The molecule has 4 fully saturated rings. The van der Waals surface area contributed by atoms with Crippen LogP contribution in [0, 0.1) is 11.6 Å². The summed E-state index contributed by atoms with van der Waals surface area (Å²) >= 11 is 0. The average molecular weight is 1110 g/mol. The topological polar surface area (TPSA) is 179 Å². The number of amides is 4. The van der Waals surface area contributed by atoms with Crippen molar-refractivity contribution in [1.82, 2.24) is 29.6 Å². The number of nitrogens with one attached hydrogen (secondary N) is 2. The van der Waals surface area contributed by atoms with Crippen LogP contribution in [-0.2, 0) is 36.6 Å². The fourth-order valence-electron chi connectivity index (χ4n) is 11.4. The Balaban J connectivity index is 0.000000195. The molecule has 79 heavy (non-hydrogen) atoms. The quantitative estimate of drug-likeness (QED) is 0.0981. The van der Waals surface area contributed by atoms with Gasteiger partial charge in [0.2, 0.25) is 0 Å². The standard InChI is InChI=1S/C33H44FN3O5Si.C27H30FN3O5/c1-32(2,3)41-31(39)37-19-27(42-43(7,8)33(4,5)6)29-28(37)25(24-17-35-26-16-22(34)14-15-23(24)26)18-36(29)30(38)40-20-21-12-10-9-11-13-21;1-27(2,3)36-26(34)31-14-22(32)24-23(31)20(19-12-29-21-11-17(28)9-10-18(19)21)13-30(24)25(33)35-15-16-7-5-4-6-8-16/h9-17,25,27-29,35H,18-20H2,1-8H3;4-12,20,22-24,29,32H,13-15H2,1-3H3/t25-,27-,28-,29-;20-,22-,23-,24-/m11/s1. The van der Waals surface area contributed by atoms with Gasteiger partial charge in [-0.3, -0.25) is 19.6 Å². The summed E-state index contributed by atoms with van der Waals surface area (Å²) in [6.07, 6.45) is 0.218. The number of aliphatic hydroxyl groups is 1. The van der Waals surface area contributed by atoms with Crippen LogP contribution in [0.25, 0.3) is 21.8 Å². The number of ether oxygens (including phenoxy) is 4. The lowest BCUT2D eigenvalue weighted by atomic mass is 9.91. The predicted octanol–water partition coefficient (Wildman–Crippen LogP) is 11.8. The van der Waals surface area contributed by atoms with Gasteiger partial charge in [0.05, 0.1) is 49.5 Å². The molecule has 0 spiro atoms. The number of carbonyl (C=O) groups is 4. The highest BCUT2D eigenvalue weighted by Gasteiger charge is 2.61. The van der Waals surface area contributed by atoms with Crippen molar-refractivity contribution in [2.24, 2.45) is 0 Å². The van der Waals surface area contributed by atoms with Crippen molar-refractivity contribution >= 4 is 54.5 Å². The highest BCUT2D eigenvalue weighted by Crippen LogP contribution is 2.48. The van der Waals surface area contributed by atoms with Gasteiger partial charge in [0, 0.05) is 59.1 Å². The zero-order valence-corrected chi connectivity index (χ0v) is 47.9. The van der Waals surface area contributed by atoms with Crippen LogP contribution in [0.4, 0.5) is 28.0 Å². The van der Waals surface area contributed by atoms with Crippen LogP contribution in [0.5, 0.6) is 0 Å². The fourth-order valence-corrected chi connectivity index (χ4v) is 12.7. The van der Waals surface area contributed by atoms with E-state index in [0.717, 1.165) is 33.0 Å². The zero-order valence-electron chi connectivity index (χ0n) is 46.9. The van der Waals surface area contributed by atoms with Gasteiger partial charge in [-0.2, -0.15) is 0 Å². The second kappa shape index (κ2) is 21.9. The van der Waals surface area contributed by atoms with Crippen molar-refractivity contribution < 1.29 is 56.4 Å². The van der Waals surface area contributed by atoms with Gasteiger partial charge < -0.3 is 38.4 Å². The Bertz CT molecular complexity index is 3170. The maximum Gasteiger partial charge on any atom is 0.410 e. The van der Waals surface area contributed by atoms with E-state index in [1.807, 2.05) is 87.6 Å². The number of halogens is 2. The summed E-state index contributed by atoms with van der Waals surface area (Å²) in [5, 5.41) is 12.6. The van der Waals surface area contributed by atoms with E-state index in [1.165, 1.54) is 34.1 Å². The minimum atomic E-state index is -2.32. The first kappa shape index (κ1) is 56.7. The van der Waals surface area contributed by atoms with Gasteiger partial charge in [0.1, 0.15) is 36.1 Å². The smallest absolute Gasteiger partial charge is 0.410 e. The monoisotopic (exact) mass is 1100 g/mol. The van der Waals surface area contributed by atoms with Gasteiger partial charge in [0.25, 0.3) is 0 Å². The number of aliphatic hydroxyl groups excluding tert-OH is 1. The molecule has 4 aliphatic heterocycles. The molecule has 0 radical (unpaired) electrons. The van der Waals surface area contributed by atoms with E-state index in [0.29, 0.717) is 17.6 Å². The lowest BCUT2D eigenvalue weighted by molar-refractivity contribution is 0.0189. The van der Waals surface area contributed by atoms with Crippen LogP contribution in [0.2, 0.25) is 18.1 Å². The second-order valence-corrected chi connectivity index (χ2v) is 29.4. The van der Waals surface area contributed by atoms with Gasteiger partial charge >= 0.3 is 24.4 Å². The second-order valence-electron chi connectivity index (χ2n) is 24.7. The normalized spacial score (nSPS) is 23.1. The molecule has 6 heterocycles. The van der Waals surface area contributed by atoms with Gasteiger partial charge in [-0.15, -0.1) is 0 Å². The third-order valence-electron chi connectivity index (χ3n) is 15.8. The largest absolute Gasteiger partial charge is 0.445 e. The van der Waals surface area contributed by atoms with Crippen LogP contribution < -0.4 is 0 Å². The van der Waals surface area contributed by atoms with Crippen molar-refractivity contribution in [3.05, 3.63) is 143 Å². The Labute approximate surface area is 461 Å². The first-order chi connectivity index (χ1) is 37.2. The van der Waals surface area contributed by atoms with Gasteiger partial charge in [0.15, 0.2) is 8.32 Å². The summed E-state index contributed by atoms with van der Waals surface area (Å²) in [4.78, 5) is 66.8. The Kier molecular flexibility index (Phi) is 15.8. The minimum absolute atomic E-state index is 0.0280. The van der Waals surface area contributed by atoms with Crippen molar-refractivity contribution in [1.29, 1.82) is 0 Å². The van der Waals surface area contributed by atoms with Crippen molar-refractivity contribution in [3.63, 3.8) is 0 Å². The van der Waals surface area contributed by atoms with Crippen LogP contribution in [0.1, 0.15) is 96.4 Å². The number of fused-ring (bicyclic) bond motifs is 4. The van der Waals surface area contributed by atoms with Gasteiger partial charge in [-0.1, -0.05) is 81.4 Å². The minimum Gasteiger partial charge on any atom is -0.445 e. The maximum atomic E-state index is 14.1. The number of hydrogen-bond acceptors (Lipinski definition) is 10. The summed E-state index contributed by atoms with van der Waals surface area (Å²) < 4.78 is 57.9. The van der Waals surface area contributed by atoms with E-state index < -0.39 is 80.3 Å². The number of likely N-dealkylation sites (tertiary alicyclic amines) is 4. The van der Waals surface area contributed by atoms with Crippen LogP contribution >= 0.6 is 0 Å². The molecule has 0 unspecified atom stereocenters. The molecule has 422 valence electrons. The number of carbonyl (C=O) groups excluding carboxylic acids is 4. The molecule has 2 aromatic heterocycles. The Hall–Kier alpha value is -6.96. The molecule has 10 rings (SSSR count). The number of aromatic nitrogens is 2. The Morgan fingerprint density at radius 1 is 0.557 bits per heavy atom. The average Bonchev–Trinajstić information content (AvgIpc) is 4.44. The number of rotatable bonds is 8. The molecule has 0 saturated carbocycles. The summed E-state index contributed by atoms with van der Waals surface area (Å²) in [6, 6.07) is 25.9. The van der Waals surface area contributed by atoms with Crippen LogP contribution in [-0.4, -0.2) is 141 Å². The fraction of sp³-hybridized carbons (Fsp3) is 0.467. The SMILES string of the molecule is CC(C)(C)OC(=O)N1C[C@@H](O)[C@@H]2[C@H]1[C@@H](c1c[nH]c3cc(F)ccc13)CN2C(=O)OCc1ccccc1.CC(C)(C)OC(=O)N1C[C@@H](O[Si](C)(C)C(C)(C)C)[C@@H]2[C@H]1[C@@H](c1c[nH]c3cc(F)ccc13)CN2C(=O)OCc1ccccc1. The zero-order chi connectivity index (χ0) is 56.9. The summed E-state index contributed by atoms with van der Waals surface area (Å²) in [5.41, 5.74) is 3.33. The molecule has 0 aliphatic carbocycles. The molecule has 6 aromatic rings. The molecule has 4 aliphatic rings. The van der Waals surface area contributed by atoms with E-state index in [-0.39, 0.29) is 61.4 Å². The van der Waals surface area contributed by atoms with Crippen LogP contribution in [0.15, 0.2) is 109 Å². The first-order valence-electron chi connectivity index (χ1n) is 27.0. The molecule has 4 aromatic carbocycles. The third-order valence-corrected chi connectivity index (χ3v) is 20.3. The number of hydrogen-bond donors (Lipinski definition) is 3.